The number of piperidine rings is 1. The van der Waals surface area contributed by atoms with E-state index in [-0.39, 0.29) is 37.8 Å². The number of amides is 1. The third kappa shape index (κ3) is 2.81. The van der Waals surface area contributed by atoms with Gasteiger partial charge in [-0.25, -0.2) is 18.3 Å². The highest BCUT2D eigenvalue weighted by molar-refractivity contribution is 5.80. The van der Waals surface area contributed by atoms with Gasteiger partial charge < -0.3 is 9.80 Å². The molecule has 0 aliphatic carbocycles. The van der Waals surface area contributed by atoms with E-state index >= 15 is 0 Å². The number of nitrogens with zero attached hydrogens (tertiary/aromatic N) is 5. The van der Waals surface area contributed by atoms with Crippen LogP contribution in [0.25, 0.3) is 5.65 Å². The van der Waals surface area contributed by atoms with Crippen molar-refractivity contribution in [2.75, 3.05) is 31.1 Å². The van der Waals surface area contributed by atoms with E-state index in [9.17, 15) is 13.6 Å². The van der Waals surface area contributed by atoms with E-state index in [1.54, 1.807) is 15.6 Å². The number of fused-ring (bicyclic) bond motifs is 1. The minimum atomic E-state index is -2.62. The molecule has 128 valence electrons. The van der Waals surface area contributed by atoms with E-state index in [0.29, 0.717) is 6.54 Å². The van der Waals surface area contributed by atoms with Gasteiger partial charge >= 0.3 is 0 Å². The maximum absolute atomic E-state index is 13.2. The quantitative estimate of drug-likeness (QED) is 0.840. The number of carbonyl (C=O) groups excluding carboxylic acids is 1. The lowest BCUT2D eigenvalue weighted by Crippen LogP contribution is -2.45. The zero-order valence-corrected chi connectivity index (χ0v) is 13.2. The number of aromatic nitrogens is 3. The molecule has 1 unspecified atom stereocenters. The van der Waals surface area contributed by atoms with Gasteiger partial charge in [-0.1, -0.05) is 0 Å². The highest BCUT2D eigenvalue weighted by atomic mass is 19.3. The number of carbonyl (C=O) groups is 1. The molecule has 0 spiro atoms. The lowest BCUT2D eigenvalue weighted by atomic mass is 10.0. The lowest BCUT2D eigenvalue weighted by Gasteiger charge is -2.33. The molecule has 4 heterocycles. The number of anilines is 1. The van der Waals surface area contributed by atoms with Gasteiger partial charge in [0.2, 0.25) is 5.91 Å². The zero-order chi connectivity index (χ0) is 16.7. The van der Waals surface area contributed by atoms with E-state index in [1.165, 1.54) is 0 Å². The minimum absolute atomic E-state index is 0.00145. The van der Waals surface area contributed by atoms with Crippen molar-refractivity contribution in [2.24, 2.45) is 5.92 Å². The Bertz CT molecular complexity index is 752. The van der Waals surface area contributed by atoms with Gasteiger partial charge in [0.1, 0.15) is 5.82 Å². The topological polar surface area (TPSA) is 53.7 Å². The fraction of sp³-hybridized carbons (Fsp3) is 0.562. The van der Waals surface area contributed by atoms with Gasteiger partial charge in [-0.2, -0.15) is 5.10 Å². The summed E-state index contributed by atoms with van der Waals surface area (Å²) in [7, 11) is 0. The Morgan fingerprint density at radius 2 is 2.00 bits per heavy atom. The number of halogens is 2. The molecule has 4 rings (SSSR count). The van der Waals surface area contributed by atoms with E-state index in [1.807, 2.05) is 18.3 Å². The van der Waals surface area contributed by atoms with Crippen molar-refractivity contribution < 1.29 is 13.6 Å². The SMILES string of the molecule is O=C(C1CCN(c2ccn3nccc3n2)C1)N1CCC(F)(F)CC1. The van der Waals surface area contributed by atoms with Crippen molar-refractivity contribution in [3.63, 3.8) is 0 Å². The molecule has 2 aliphatic rings. The van der Waals surface area contributed by atoms with E-state index in [2.05, 4.69) is 15.0 Å². The maximum Gasteiger partial charge on any atom is 0.251 e. The maximum atomic E-state index is 13.2. The van der Waals surface area contributed by atoms with Crippen LogP contribution in [0.1, 0.15) is 19.3 Å². The summed E-state index contributed by atoms with van der Waals surface area (Å²) in [5.74, 6) is -1.94. The summed E-state index contributed by atoms with van der Waals surface area (Å²) in [5, 5.41) is 4.12. The minimum Gasteiger partial charge on any atom is -0.356 e. The second-order valence-corrected chi connectivity index (χ2v) is 6.53. The van der Waals surface area contributed by atoms with Gasteiger partial charge in [-0.05, 0) is 12.5 Å². The van der Waals surface area contributed by atoms with Gasteiger partial charge in [0.25, 0.3) is 5.92 Å². The molecule has 1 atom stereocenters. The van der Waals surface area contributed by atoms with Crippen molar-refractivity contribution in [3.05, 3.63) is 24.5 Å². The first-order valence-corrected chi connectivity index (χ1v) is 8.24. The van der Waals surface area contributed by atoms with Crippen LogP contribution >= 0.6 is 0 Å². The second-order valence-electron chi connectivity index (χ2n) is 6.53. The summed E-state index contributed by atoms with van der Waals surface area (Å²) in [5.41, 5.74) is 0.764. The standard InChI is InChI=1S/C16H19F2N5O/c17-16(18)4-9-21(10-5-16)15(24)12-2-7-22(11-12)13-3-8-23-14(20-13)1-6-19-23/h1,3,6,8,12H,2,4-5,7,9-11H2. The molecule has 2 aliphatic heterocycles. The Kier molecular flexibility index (Phi) is 3.62. The highest BCUT2D eigenvalue weighted by Gasteiger charge is 2.38. The third-order valence-corrected chi connectivity index (χ3v) is 4.91. The Hall–Kier alpha value is -2.25. The van der Waals surface area contributed by atoms with Crippen LogP contribution in [-0.4, -0.2) is 57.5 Å². The molecule has 6 nitrogen and oxygen atoms in total. The van der Waals surface area contributed by atoms with Crippen molar-refractivity contribution in [2.45, 2.75) is 25.2 Å². The third-order valence-electron chi connectivity index (χ3n) is 4.91. The van der Waals surface area contributed by atoms with Gasteiger partial charge in [0, 0.05) is 51.3 Å². The first kappa shape index (κ1) is 15.3. The molecule has 2 fully saturated rings. The van der Waals surface area contributed by atoms with Crippen LogP contribution in [0, 0.1) is 5.92 Å². The van der Waals surface area contributed by atoms with Crippen molar-refractivity contribution in [1.29, 1.82) is 0 Å². The summed E-state index contributed by atoms with van der Waals surface area (Å²) in [4.78, 5) is 20.8. The van der Waals surface area contributed by atoms with Crippen LogP contribution in [0.5, 0.6) is 0 Å². The monoisotopic (exact) mass is 335 g/mol. The zero-order valence-electron chi connectivity index (χ0n) is 13.2. The molecule has 2 aromatic rings. The smallest absolute Gasteiger partial charge is 0.251 e. The van der Waals surface area contributed by atoms with Crippen LogP contribution < -0.4 is 4.90 Å². The highest BCUT2D eigenvalue weighted by Crippen LogP contribution is 2.30. The normalized spacial score (nSPS) is 23.8. The molecule has 0 N–H and O–H groups in total. The summed E-state index contributed by atoms with van der Waals surface area (Å²) < 4.78 is 28.2. The second kappa shape index (κ2) is 5.68. The van der Waals surface area contributed by atoms with Crippen LogP contribution in [0.4, 0.5) is 14.6 Å². The molecule has 0 bridgehead atoms. The molecule has 1 amide bonds. The van der Waals surface area contributed by atoms with E-state index in [4.69, 9.17) is 0 Å². The molecule has 0 aromatic carbocycles. The van der Waals surface area contributed by atoms with Crippen LogP contribution in [0.3, 0.4) is 0 Å². The predicted octanol–water partition coefficient (Wildman–Crippen LogP) is 1.81. The summed E-state index contributed by atoms with van der Waals surface area (Å²) in [6.07, 6.45) is 3.81. The Balaban J connectivity index is 1.41. The number of hydrogen-bond acceptors (Lipinski definition) is 4. The molecule has 24 heavy (non-hydrogen) atoms. The Morgan fingerprint density at radius 1 is 1.21 bits per heavy atom. The van der Waals surface area contributed by atoms with Crippen LogP contribution in [0.2, 0.25) is 0 Å². The van der Waals surface area contributed by atoms with Gasteiger partial charge in [0.05, 0.1) is 12.1 Å². The fourth-order valence-electron chi connectivity index (χ4n) is 3.46. The van der Waals surface area contributed by atoms with E-state index in [0.717, 1.165) is 24.4 Å². The largest absolute Gasteiger partial charge is 0.356 e. The molecule has 8 heteroatoms. The summed E-state index contributed by atoms with van der Waals surface area (Å²) >= 11 is 0. The number of hydrogen-bond donors (Lipinski definition) is 0. The molecule has 2 aromatic heterocycles. The van der Waals surface area contributed by atoms with Gasteiger partial charge in [0.15, 0.2) is 5.65 Å². The molecular formula is C16H19F2N5O. The Labute approximate surface area is 138 Å². The first-order chi connectivity index (χ1) is 11.5. The molecular weight excluding hydrogens is 316 g/mol. The number of likely N-dealkylation sites (tertiary alicyclic amines) is 1. The Morgan fingerprint density at radius 3 is 2.79 bits per heavy atom. The van der Waals surface area contributed by atoms with Crippen LogP contribution in [-0.2, 0) is 4.79 Å². The molecule has 0 saturated carbocycles. The fourth-order valence-corrected chi connectivity index (χ4v) is 3.46. The average molecular weight is 335 g/mol. The first-order valence-electron chi connectivity index (χ1n) is 8.24. The van der Waals surface area contributed by atoms with Crippen molar-refractivity contribution in [3.8, 4) is 0 Å². The molecule has 0 radical (unpaired) electrons. The van der Waals surface area contributed by atoms with E-state index < -0.39 is 5.92 Å². The van der Waals surface area contributed by atoms with Crippen molar-refractivity contribution >= 4 is 17.4 Å². The van der Waals surface area contributed by atoms with Crippen LogP contribution in [0.15, 0.2) is 24.5 Å². The predicted molar refractivity (Wildman–Crippen MR) is 84.1 cm³/mol. The average Bonchev–Trinajstić information content (AvgIpc) is 3.22. The van der Waals surface area contributed by atoms with Gasteiger partial charge in [-0.15, -0.1) is 0 Å². The van der Waals surface area contributed by atoms with Crippen molar-refractivity contribution in [1.82, 2.24) is 19.5 Å². The summed E-state index contributed by atoms with van der Waals surface area (Å²) in [6.45, 7) is 1.64. The number of alkyl halides is 2. The molecule has 2 saturated heterocycles. The number of rotatable bonds is 2. The summed E-state index contributed by atoms with van der Waals surface area (Å²) in [6, 6.07) is 3.71. The van der Waals surface area contributed by atoms with Gasteiger partial charge in [-0.3, -0.25) is 4.79 Å². The lowest BCUT2D eigenvalue weighted by molar-refractivity contribution is -0.140.